The molecule has 0 spiro atoms. The van der Waals surface area contributed by atoms with Gasteiger partial charge in [0, 0.05) is 15.9 Å². The Morgan fingerprint density at radius 3 is 2.68 bits per heavy atom. The third-order valence-electron chi connectivity index (χ3n) is 3.07. The zero-order valence-electron chi connectivity index (χ0n) is 13.3. The van der Waals surface area contributed by atoms with Crippen LogP contribution >= 0.6 is 27.3 Å². The lowest BCUT2D eigenvalue weighted by Gasteiger charge is -2.03. The smallest absolute Gasteiger partial charge is 0.338 e. The molecule has 2 aromatic rings. The van der Waals surface area contributed by atoms with Gasteiger partial charge < -0.3 is 4.74 Å². The highest BCUT2D eigenvalue weighted by Crippen LogP contribution is 2.18. The summed E-state index contributed by atoms with van der Waals surface area (Å²) in [6.45, 7) is -0.0717. The number of thiophene rings is 1. The van der Waals surface area contributed by atoms with E-state index in [9.17, 15) is 18.0 Å². The van der Waals surface area contributed by atoms with Gasteiger partial charge in [0.25, 0.3) is 0 Å². The number of carbonyl (C=O) groups excluding carboxylic acids is 2. The molecule has 1 heterocycles. The predicted octanol–water partition coefficient (Wildman–Crippen LogP) is 2.64. The molecule has 1 aromatic heterocycles. The van der Waals surface area contributed by atoms with Crippen LogP contribution in [0.4, 0.5) is 0 Å². The molecule has 1 aromatic carbocycles. The lowest BCUT2D eigenvalue weighted by Crippen LogP contribution is -2.24. The molecule has 0 atom stereocenters. The summed E-state index contributed by atoms with van der Waals surface area (Å²) in [7, 11) is -3.22. The van der Waals surface area contributed by atoms with Crippen molar-refractivity contribution < 1.29 is 22.7 Å². The van der Waals surface area contributed by atoms with E-state index in [1.807, 2.05) is 0 Å². The van der Waals surface area contributed by atoms with Gasteiger partial charge in [-0.3, -0.25) is 4.79 Å². The van der Waals surface area contributed by atoms with Crippen LogP contribution in [0.25, 0.3) is 0 Å². The predicted molar refractivity (Wildman–Crippen MR) is 99.6 cm³/mol. The molecule has 0 amide bonds. The second-order valence-corrected chi connectivity index (χ2v) is 9.11. The zero-order valence-corrected chi connectivity index (χ0v) is 16.5. The largest absolute Gasteiger partial charge is 0.454 e. The Labute approximate surface area is 158 Å². The van der Waals surface area contributed by atoms with E-state index in [-0.39, 0.29) is 18.9 Å². The fourth-order valence-corrected chi connectivity index (χ4v) is 3.73. The summed E-state index contributed by atoms with van der Waals surface area (Å²) in [5.41, 5.74) is 0.362. The number of hydrogen-bond acceptors (Lipinski definition) is 6. The normalized spacial score (nSPS) is 11.3. The second-order valence-electron chi connectivity index (χ2n) is 5.19. The zero-order chi connectivity index (χ0) is 18.4. The quantitative estimate of drug-likeness (QED) is 0.498. The van der Waals surface area contributed by atoms with Gasteiger partial charge in [-0.1, -0.05) is 22.0 Å². The van der Waals surface area contributed by atoms with Crippen LogP contribution in [0, 0.1) is 0 Å². The Morgan fingerprint density at radius 2 is 2.00 bits per heavy atom. The van der Waals surface area contributed by atoms with Gasteiger partial charge in [0.05, 0.1) is 16.7 Å². The minimum atomic E-state index is -3.22. The molecule has 0 aliphatic rings. The van der Waals surface area contributed by atoms with Gasteiger partial charge in [-0.2, -0.15) is 0 Å². The van der Waals surface area contributed by atoms with E-state index in [2.05, 4.69) is 20.7 Å². The van der Waals surface area contributed by atoms with Crippen LogP contribution in [0.3, 0.4) is 0 Å². The first-order valence-electron chi connectivity index (χ1n) is 7.24. The molecule has 0 unspecified atom stereocenters. The van der Waals surface area contributed by atoms with E-state index in [1.54, 1.807) is 36.4 Å². The molecular formula is C16H16BrNO5S2. The average Bonchev–Trinajstić information content (AvgIpc) is 3.00. The number of carbonyl (C=O) groups is 2. The highest BCUT2D eigenvalue weighted by Gasteiger charge is 2.14. The van der Waals surface area contributed by atoms with Crippen molar-refractivity contribution in [1.29, 1.82) is 0 Å². The van der Waals surface area contributed by atoms with Crippen molar-refractivity contribution in [3.63, 3.8) is 0 Å². The molecule has 9 heteroatoms. The summed E-state index contributed by atoms with van der Waals surface area (Å²) in [4.78, 5) is 25.4. The maximum absolute atomic E-state index is 12.1. The Balaban J connectivity index is 1.86. The first kappa shape index (κ1) is 19.8. The molecule has 25 heavy (non-hydrogen) atoms. The Bertz CT molecular complexity index is 876. The maximum atomic E-state index is 12.1. The monoisotopic (exact) mass is 445 g/mol. The number of ether oxygens (including phenoxy) is 1. The van der Waals surface area contributed by atoms with Crippen molar-refractivity contribution in [3.8, 4) is 0 Å². The molecule has 134 valence electrons. The lowest BCUT2D eigenvalue weighted by atomic mass is 10.2. The number of ketones is 1. The number of rotatable bonds is 8. The van der Waals surface area contributed by atoms with E-state index in [0.717, 1.165) is 15.6 Å². The molecule has 6 nitrogen and oxygen atoms in total. The molecule has 0 aliphatic heterocycles. The fraction of sp³-hybridized carbons (Fsp3) is 0.250. The summed E-state index contributed by atoms with van der Waals surface area (Å²) >= 11 is 4.53. The van der Waals surface area contributed by atoms with Crippen LogP contribution in [-0.2, 0) is 21.2 Å². The minimum absolute atomic E-state index is 0.269. The van der Waals surface area contributed by atoms with E-state index < -0.39 is 16.0 Å². The standard InChI is InChI=1S/C16H16BrNO5S2/c1-25(21,22)18-8-7-13-5-6-15(24-13)14(19)10-23-16(20)11-3-2-4-12(17)9-11/h2-6,9,18H,7-8,10H2,1H3. The third-order valence-corrected chi connectivity index (χ3v) is 5.47. The first-order valence-corrected chi connectivity index (χ1v) is 10.7. The van der Waals surface area contributed by atoms with Crippen LogP contribution in [-0.4, -0.2) is 39.6 Å². The van der Waals surface area contributed by atoms with Gasteiger partial charge in [0.15, 0.2) is 6.61 Å². The van der Waals surface area contributed by atoms with Crippen molar-refractivity contribution in [2.45, 2.75) is 6.42 Å². The molecule has 0 fully saturated rings. The summed E-state index contributed by atoms with van der Waals surface area (Å²) < 4.78 is 30.2. The van der Waals surface area contributed by atoms with Gasteiger partial charge in [-0.15, -0.1) is 11.3 Å². The third kappa shape index (κ3) is 6.69. The number of hydrogen-bond donors (Lipinski definition) is 1. The van der Waals surface area contributed by atoms with Gasteiger partial charge in [-0.25, -0.2) is 17.9 Å². The number of Topliss-reactive ketones (excluding diaryl/α,β-unsaturated/α-hetero) is 1. The van der Waals surface area contributed by atoms with Gasteiger partial charge in [-0.05, 0) is 36.8 Å². The molecule has 2 rings (SSSR count). The molecule has 0 saturated heterocycles. The molecule has 0 saturated carbocycles. The number of nitrogens with one attached hydrogen (secondary N) is 1. The van der Waals surface area contributed by atoms with E-state index in [0.29, 0.717) is 16.9 Å². The SMILES string of the molecule is CS(=O)(=O)NCCc1ccc(C(=O)COC(=O)c2cccc(Br)c2)s1. The van der Waals surface area contributed by atoms with Crippen LogP contribution in [0.1, 0.15) is 24.9 Å². The highest BCUT2D eigenvalue weighted by atomic mass is 79.9. The van der Waals surface area contributed by atoms with E-state index in [4.69, 9.17) is 4.74 Å². The van der Waals surface area contributed by atoms with Crippen molar-refractivity contribution in [3.05, 3.63) is 56.2 Å². The van der Waals surface area contributed by atoms with Crippen LogP contribution in [0.2, 0.25) is 0 Å². The molecule has 0 aliphatic carbocycles. The van der Waals surface area contributed by atoms with Gasteiger partial charge in [0.1, 0.15) is 0 Å². The highest BCUT2D eigenvalue weighted by molar-refractivity contribution is 9.10. The molecule has 1 N–H and O–H groups in total. The summed E-state index contributed by atoms with van der Waals surface area (Å²) in [6, 6.07) is 10.1. The topological polar surface area (TPSA) is 89.5 Å². The first-order chi connectivity index (χ1) is 11.7. The lowest BCUT2D eigenvalue weighted by molar-refractivity contribution is 0.0476. The Morgan fingerprint density at radius 1 is 1.24 bits per heavy atom. The van der Waals surface area contributed by atoms with Crippen molar-refractivity contribution in [2.75, 3.05) is 19.4 Å². The molecule has 0 bridgehead atoms. The fourth-order valence-electron chi connectivity index (χ4n) is 1.92. The summed E-state index contributed by atoms with van der Waals surface area (Å²) in [5.74, 6) is -0.862. The molecular weight excluding hydrogens is 430 g/mol. The number of sulfonamides is 1. The maximum Gasteiger partial charge on any atom is 0.338 e. The van der Waals surface area contributed by atoms with E-state index >= 15 is 0 Å². The Kier molecular flexibility index (Phi) is 6.88. The van der Waals surface area contributed by atoms with Crippen molar-refractivity contribution in [2.24, 2.45) is 0 Å². The van der Waals surface area contributed by atoms with Crippen LogP contribution < -0.4 is 4.72 Å². The summed E-state index contributed by atoms with van der Waals surface area (Å²) in [5, 5.41) is 0. The van der Waals surface area contributed by atoms with Gasteiger partial charge in [0.2, 0.25) is 15.8 Å². The minimum Gasteiger partial charge on any atom is -0.454 e. The van der Waals surface area contributed by atoms with Crippen LogP contribution in [0.5, 0.6) is 0 Å². The summed E-state index contributed by atoms with van der Waals surface area (Å²) in [6.07, 6.45) is 1.58. The second kappa shape index (κ2) is 8.70. The van der Waals surface area contributed by atoms with E-state index in [1.165, 1.54) is 11.3 Å². The number of esters is 1. The number of benzene rings is 1. The van der Waals surface area contributed by atoms with Crippen LogP contribution in [0.15, 0.2) is 40.9 Å². The van der Waals surface area contributed by atoms with Crippen molar-refractivity contribution in [1.82, 2.24) is 4.72 Å². The number of halogens is 1. The average molecular weight is 446 g/mol. The van der Waals surface area contributed by atoms with Crippen molar-refractivity contribution >= 4 is 49.0 Å². The Hall–Kier alpha value is -1.55. The van der Waals surface area contributed by atoms with Gasteiger partial charge >= 0.3 is 5.97 Å². The molecule has 0 radical (unpaired) electrons.